The van der Waals surface area contributed by atoms with E-state index < -0.39 is 0 Å². The topological polar surface area (TPSA) is 93.1 Å². The molecule has 8 nitrogen and oxygen atoms in total. The van der Waals surface area contributed by atoms with E-state index >= 15 is 0 Å². The molecule has 0 spiro atoms. The number of hydrogen-bond acceptors (Lipinski definition) is 5. The van der Waals surface area contributed by atoms with Gasteiger partial charge in [-0.1, -0.05) is 22.9 Å². The van der Waals surface area contributed by atoms with Gasteiger partial charge in [0.05, 0.1) is 30.7 Å². The molecule has 0 unspecified atom stereocenters. The molecule has 3 heterocycles. The van der Waals surface area contributed by atoms with Crippen molar-refractivity contribution in [1.82, 2.24) is 24.9 Å². The fraction of sp³-hybridized carbons (Fsp3) is 0.182. The van der Waals surface area contributed by atoms with Crippen molar-refractivity contribution in [2.75, 3.05) is 26.3 Å². The maximum absolute atomic E-state index is 12.6. The van der Waals surface area contributed by atoms with Crippen molar-refractivity contribution >= 4 is 28.4 Å². The van der Waals surface area contributed by atoms with Crippen molar-refractivity contribution in [1.29, 1.82) is 0 Å². The first-order valence-electron chi connectivity index (χ1n) is 9.81. The highest BCUT2D eigenvalue weighted by Crippen LogP contribution is 2.21. The molecule has 0 atom stereocenters. The molecule has 1 aliphatic rings. The fourth-order valence-corrected chi connectivity index (χ4v) is 3.75. The molecule has 0 radical (unpaired) electrons. The van der Waals surface area contributed by atoms with Gasteiger partial charge in [-0.05, 0) is 47.9 Å². The van der Waals surface area contributed by atoms with Gasteiger partial charge in [0.2, 0.25) is 0 Å². The molecular weight excluding hydrogens is 418 g/mol. The van der Waals surface area contributed by atoms with Crippen LogP contribution in [0, 0.1) is 0 Å². The fourth-order valence-electron chi connectivity index (χ4n) is 3.58. The minimum absolute atomic E-state index is 0.0167. The van der Waals surface area contributed by atoms with Crippen LogP contribution < -0.4 is 5.56 Å². The van der Waals surface area contributed by atoms with Crippen LogP contribution in [0.2, 0.25) is 5.02 Å². The Bertz CT molecular complexity index is 1320. The summed E-state index contributed by atoms with van der Waals surface area (Å²) >= 11 is 6.00. The normalized spacial score (nSPS) is 14.2. The van der Waals surface area contributed by atoms with E-state index in [1.807, 2.05) is 6.07 Å². The van der Waals surface area contributed by atoms with Crippen LogP contribution in [0.5, 0.6) is 0 Å². The number of benzene rings is 2. The molecular formula is C22H18ClN5O3. The molecule has 0 bridgehead atoms. The molecule has 1 aliphatic heterocycles. The molecule has 2 aromatic carbocycles. The predicted molar refractivity (Wildman–Crippen MR) is 117 cm³/mol. The highest BCUT2D eigenvalue weighted by Gasteiger charge is 2.18. The first kappa shape index (κ1) is 19.5. The second-order valence-corrected chi connectivity index (χ2v) is 7.68. The van der Waals surface area contributed by atoms with Crippen LogP contribution in [-0.2, 0) is 4.74 Å². The smallest absolute Gasteiger partial charge is 0.258 e. The van der Waals surface area contributed by atoms with Gasteiger partial charge in [-0.15, -0.1) is 5.10 Å². The van der Waals surface area contributed by atoms with E-state index in [1.54, 1.807) is 58.2 Å². The molecule has 0 aliphatic carbocycles. The summed E-state index contributed by atoms with van der Waals surface area (Å²) < 4.78 is 6.87. The lowest BCUT2D eigenvalue weighted by atomic mass is 10.1. The Kier molecular flexibility index (Phi) is 5.01. The molecule has 31 heavy (non-hydrogen) atoms. The Morgan fingerprint density at radius 3 is 2.61 bits per heavy atom. The predicted octanol–water partition coefficient (Wildman–Crippen LogP) is 2.90. The molecule has 1 fully saturated rings. The average molecular weight is 436 g/mol. The number of halogens is 1. The van der Waals surface area contributed by atoms with Crippen LogP contribution in [0.1, 0.15) is 10.4 Å². The first-order valence-corrected chi connectivity index (χ1v) is 10.2. The van der Waals surface area contributed by atoms with Gasteiger partial charge in [0.25, 0.3) is 11.5 Å². The van der Waals surface area contributed by atoms with E-state index in [1.165, 1.54) is 0 Å². The highest BCUT2D eigenvalue weighted by atomic mass is 35.5. The van der Waals surface area contributed by atoms with Crippen LogP contribution in [-0.4, -0.2) is 57.1 Å². The number of nitrogens with one attached hydrogen (secondary N) is 1. The number of aromatic nitrogens is 4. The number of carbonyl (C=O) groups excluding carboxylic acids is 1. The number of amides is 1. The maximum Gasteiger partial charge on any atom is 0.258 e. The monoisotopic (exact) mass is 435 g/mol. The van der Waals surface area contributed by atoms with E-state index in [0.29, 0.717) is 53.7 Å². The zero-order chi connectivity index (χ0) is 21.4. The van der Waals surface area contributed by atoms with E-state index in [9.17, 15) is 9.59 Å². The number of rotatable bonds is 3. The Labute approximate surface area is 182 Å². The Morgan fingerprint density at radius 2 is 1.84 bits per heavy atom. The zero-order valence-electron chi connectivity index (χ0n) is 16.4. The van der Waals surface area contributed by atoms with Crippen molar-refractivity contribution in [3.63, 3.8) is 0 Å². The van der Waals surface area contributed by atoms with Crippen LogP contribution in [0.4, 0.5) is 0 Å². The van der Waals surface area contributed by atoms with Crippen molar-refractivity contribution < 1.29 is 9.53 Å². The number of pyridine rings is 1. The van der Waals surface area contributed by atoms with Crippen molar-refractivity contribution in [2.45, 2.75) is 0 Å². The van der Waals surface area contributed by atoms with Gasteiger partial charge in [0, 0.05) is 29.2 Å². The SMILES string of the molecule is O=C(c1ccc(-n2cc(-c3cc4ccc(Cl)cc4[nH]c3=O)nn2)cc1)N1CCOCC1. The number of morpholine rings is 1. The molecule has 4 aromatic rings. The van der Waals surface area contributed by atoms with E-state index in [4.69, 9.17) is 16.3 Å². The van der Waals surface area contributed by atoms with Gasteiger partial charge >= 0.3 is 0 Å². The first-order chi connectivity index (χ1) is 15.1. The summed E-state index contributed by atoms with van der Waals surface area (Å²) in [5.41, 5.74) is 2.60. The summed E-state index contributed by atoms with van der Waals surface area (Å²) in [5, 5.41) is 9.70. The van der Waals surface area contributed by atoms with Crippen LogP contribution in [0.3, 0.4) is 0 Å². The standard InChI is InChI=1S/C22H18ClN5O3/c23-16-4-1-15-11-18(21(29)24-19(15)12-16)20-13-28(26-25-20)17-5-2-14(3-6-17)22(30)27-7-9-31-10-8-27/h1-6,11-13H,7-10H2,(H,24,29). The Hall–Kier alpha value is -3.49. The average Bonchev–Trinajstić information content (AvgIpc) is 3.29. The largest absolute Gasteiger partial charge is 0.378 e. The lowest BCUT2D eigenvalue weighted by molar-refractivity contribution is 0.0303. The second-order valence-electron chi connectivity index (χ2n) is 7.24. The number of aromatic amines is 1. The third kappa shape index (κ3) is 3.83. The van der Waals surface area contributed by atoms with Gasteiger partial charge < -0.3 is 14.6 Å². The maximum atomic E-state index is 12.6. The molecule has 5 rings (SSSR count). The highest BCUT2D eigenvalue weighted by molar-refractivity contribution is 6.31. The number of fused-ring (bicyclic) bond motifs is 1. The molecule has 1 saturated heterocycles. The second kappa shape index (κ2) is 7.98. The van der Waals surface area contributed by atoms with Crippen molar-refractivity contribution in [3.8, 4) is 16.9 Å². The molecule has 9 heteroatoms. The quantitative estimate of drug-likeness (QED) is 0.534. The molecule has 156 valence electrons. The Balaban J connectivity index is 1.41. The van der Waals surface area contributed by atoms with Crippen molar-refractivity contribution in [2.24, 2.45) is 0 Å². The van der Waals surface area contributed by atoms with Crippen LogP contribution in [0.25, 0.3) is 27.8 Å². The van der Waals surface area contributed by atoms with E-state index in [2.05, 4.69) is 15.3 Å². The number of hydrogen-bond donors (Lipinski definition) is 1. The molecule has 2 aromatic heterocycles. The van der Waals surface area contributed by atoms with Gasteiger partial charge in [-0.3, -0.25) is 9.59 Å². The lowest BCUT2D eigenvalue weighted by Crippen LogP contribution is -2.40. The van der Waals surface area contributed by atoms with E-state index in [-0.39, 0.29) is 11.5 Å². The summed E-state index contributed by atoms with van der Waals surface area (Å²) in [6.07, 6.45) is 1.69. The number of H-pyrrole nitrogens is 1. The Morgan fingerprint density at radius 1 is 1.06 bits per heavy atom. The van der Waals surface area contributed by atoms with Gasteiger partial charge in [0.1, 0.15) is 5.69 Å². The summed E-state index contributed by atoms with van der Waals surface area (Å²) in [7, 11) is 0. The summed E-state index contributed by atoms with van der Waals surface area (Å²) in [6.45, 7) is 2.32. The van der Waals surface area contributed by atoms with Gasteiger partial charge in [-0.25, -0.2) is 4.68 Å². The minimum atomic E-state index is -0.270. The molecule has 1 amide bonds. The lowest BCUT2D eigenvalue weighted by Gasteiger charge is -2.26. The zero-order valence-corrected chi connectivity index (χ0v) is 17.2. The number of nitrogens with zero attached hydrogens (tertiary/aromatic N) is 4. The van der Waals surface area contributed by atoms with Crippen LogP contribution in [0.15, 0.2) is 59.5 Å². The van der Waals surface area contributed by atoms with Crippen molar-refractivity contribution in [3.05, 3.63) is 75.7 Å². The summed E-state index contributed by atoms with van der Waals surface area (Å²) in [5.74, 6) is -0.0167. The summed E-state index contributed by atoms with van der Waals surface area (Å²) in [6, 6.07) is 14.2. The molecule has 0 saturated carbocycles. The van der Waals surface area contributed by atoms with Gasteiger partial charge in [-0.2, -0.15) is 0 Å². The minimum Gasteiger partial charge on any atom is -0.378 e. The van der Waals surface area contributed by atoms with Crippen LogP contribution >= 0.6 is 11.6 Å². The van der Waals surface area contributed by atoms with E-state index in [0.717, 1.165) is 11.1 Å². The number of carbonyl (C=O) groups is 1. The third-order valence-electron chi connectivity index (χ3n) is 5.25. The van der Waals surface area contributed by atoms with Gasteiger partial charge in [0.15, 0.2) is 0 Å². The molecule has 1 N–H and O–H groups in total. The summed E-state index contributed by atoms with van der Waals surface area (Å²) in [4.78, 5) is 29.7. The number of ether oxygens (including phenoxy) is 1. The third-order valence-corrected chi connectivity index (χ3v) is 5.49.